The van der Waals surface area contributed by atoms with Crippen molar-refractivity contribution in [1.29, 1.82) is 0 Å². The third-order valence-electron chi connectivity index (χ3n) is 3.31. The van der Waals surface area contributed by atoms with Gasteiger partial charge in [0.1, 0.15) is 0 Å². The van der Waals surface area contributed by atoms with Gasteiger partial charge in [0.2, 0.25) is 0 Å². The Morgan fingerprint density at radius 3 is 2.45 bits per heavy atom. The summed E-state index contributed by atoms with van der Waals surface area (Å²) < 4.78 is 0. The van der Waals surface area contributed by atoms with Gasteiger partial charge in [-0.2, -0.15) is 0 Å². The van der Waals surface area contributed by atoms with Crippen LogP contribution in [0.15, 0.2) is 48.8 Å². The normalized spacial score (nSPS) is 10.6. The van der Waals surface area contributed by atoms with Gasteiger partial charge in [0.15, 0.2) is 0 Å². The number of pyridine rings is 1. The lowest BCUT2D eigenvalue weighted by Crippen LogP contribution is -2.26. The first-order chi connectivity index (χ1) is 9.58. The van der Waals surface area contributed by atoms with Gasteiger partial charge in [-0.25, -0.2) is 0 Å². The number of carbonyl (C=O) groups excluding carboxylic acids is 1. The van der Waals surface area contributed by atoms with Gasteiger partial charge < -0.3 is 4.90 Å². The first kappa shape index (κ1) is 14.3. The number of benzene rings is 1. The molecule has 0 N–H and O–H groups in total. The van der Waals surface area contributed by atoms with E-state index in [9.17, 15) is 4.79 Å². The summed E-state index contributed by atoms with van der Waals surface area (Å²) in [5.74, 6) is 0.511. The standard InChI is InChI=1S/C17H20N2O/c1-13(2)15-6-8-16(9-7-15)17(20)19(3)12-14-5-4-10-18-11-14/h4-11,13H,12H2,1-3H3. The maximum Gasteiger partial charge on any atom is 0.253 e. The molecule has 1 heterocycles. The summed E-state index contributed by atoms with van der Waals surface area (Å²) >= 11 is 0. The van der Waals surface area contributed by atoms with Crippen LogP contribution >= 0.6 is 0 Å². The highest BCUT2D eigenvalue weighted by Crippen LogP contribution is 2.16. The molecule has 2 aromatic rings. The lowest BCUT2D eigenvalue weighted by molar-refractivity contribution is 0.0785. The third kappa shape index (κ3) is 3.44. The lowest BCUT2D eigenvalue weighted by atomic mass is 10.0. The van der Waals surface area contributed by atoms with Crippen LogP contribution in [0.1, 0.15) is 41.3 Å². The fourth-order valence-electron chi connectivity index (χ4n) is 2.07. The molecule has 0 aliphatic heterocycles. The van der Waals surface area contributed by atoms with Gasteiger partial charge in [-0.1, -0.05) is 32.0 Å². The smallest absolute Gasteiger partial charge is 0.253 e. The molecule has 0 aliphatic rings. The predicted octanol–water partition coefficient (Wildman–Crippen LogP) is 3.48. The van der Waals surface area contributed by atoms with Crippen LogP contribution in [0.25, 0.3) is 0 Å². The van der Waals surface area contributed by atoms with E-state index in [-0.39, 0.29) is 5.91 Å². The van der Waals surface area contributed by atoms with Crippen LogP contribution in [0, 0.1) is 0 Å². The van der Waals surface area contributed by atoms with Crippen molar-refractivity contribution in [3.63, 3.8) is 0 Å². The van der Waals surface area contributed by atoms with E-state index in [0.717, 1.165) is 11.1 Å². The van der Waals surface area contributed by atoms with Gasteiger partial charge in [0.25, 0.3) is 5.91 Å². The van der Waals surface area contributed by atoms with E-state index in [0.29, 0.717) is 12.5 Å². The van der Waals surface area contributed by atoms with Crippen molar-refractivity contribution in [3.05, 3.63) is 65.5 Å². The van der Waals surface area contributed by atoms with Gasteiger partial charge in [-0.05, 0) is 35.2 Å². The molecule has 1 amide bonds. The summed E-state index contributed by atoms with van der Waals surface area (Å²) in [6.45, 7) is 4.86. The van der Waals surface area contributed by atoms with Crippen molar-refractivity contribution in [3.8, 4) is 0 Å². The highest BCUT2D eigenvalue weighted by Gasteiger charge is 2.12. The molecule has 0 spiro atoms. The first-order valence-corrected chi connectivity index (χ1v) is 6.82. The summed E-state index contributed by atoms with van der Waals surface area (Å²) in [6.07, 6.45) is 3.52. The highest BCUT2D eigenvalue weighted by molar-refractivity contribution is 5.94. The SMILES string of the molecule is CC(C)c1ccc(C(=O)N(C)Cc2cccnc2)cc1. The van der Waals surface area contributed by atoms with Gasteiger partial charge >= 0.3 is 0 Å². The Morgan fingerprint density at radius 2 is 1.90 bits per heavy atom. The van der Waals surface area contributed by atoms with Crippen LogP contribution < -0.4 is 0 Å². The summed E-state index contributed by atoms with van der Waals surface area (Å²) in [6, 6.07) is 11.7. The fraction of sp³-hybridized carbons (Fsp3) is 0.294. The average Bonchev–Trinajstić information content (AvgIpc) is 2.47. The minimum atomic E-state index is 0.0316. The third-order valence-corrected chi connectivity index (χ3v) is 3.31. The molecule has 3 nitrogen and oxygen atoms in total. The monoisotopic (exact) mass is 268 g/mol. The number of aromatic nitrogens is 1. The molecular formula is C17H20N2O. The van der Waals surface area contributed by atoms with Crippen molar-refractivity contribution < 1.29 is 4.79 Å². The minimum Gasteiger partial charge on any atom is -0.337 e. The fourth-order valence-corrected chi connectivity index (χ4v) is 2.07. The lowest BCUT2D eigenvalue weighted by Gasteiger charge is -2.17. The molecule has 1 aromatic carbocycles. The first-order valence-electron chi connectivity index (χ1n) is 6.82. The van der Waals surface area contributed by atoms with Crippen LogP contribution in [-0.2, 0) is 6.54 Å². The molecule has 3 heteroatoms. The molecule has 1 aromatic heterocycles. The molecule has 0 fully saturated rings. The molecule has 104 valence electrons. The molecule has 2 rings (SSSR count). The second-order valence-corrected chi connectivity index (χ2v) is 5.30. The van der Waals surface area contributed by atoms with Gasteiger partial charge in [0, 0.05) is 31.5 Å². The minimum absolute atomic E-state index is 0.0316. The second-order valence-electron chi connectivity index (χ2n) is 5.30. The summed E-state index contributed by atoms with van der Waals surface area (Å²) in [4.78, 5) is 18.1. The van der Waals surface area contributed by atoms with Crippen LogP contribution in [0.5, 0.6) is 0 Å². The van der Waals surface area contributed by atoms with E-state index in [1.165, 1.54) is 5.56 Å². The number of carbonyl (C=O) groups is 1. The van der Waals surface area contributed by atoms with E-state index in [1.807, 2.05) is 43.4 Å². The molecule has 0 unspecified atom stereocenters. The van der Waals surface area contributed by atoms with E-state index in [4.69, 9.17) is 0 Å². The van der Waals surface area contributed by atoms with Crippen molar-refractivity contribution in [2.75, 3.05) is 7.05 Å². The van der Waals surface area contributed by atoms with Crippen LogP contribution in [0.4, 0.5) is 0 Å². The Morgan fingerprint density at radius 1 is 1.20 bits per heavy atom. The second kappa shape index (κ2) is 6.33. The zero-order valence-corrected chi connectivity index (χ0v) is 12.2. The van der Waals surface area contributed by atoms with Crippen molar-refractivity contribution in [2.24, 2.45) is 0 Å². The van der Waals surface area contributed by atoms with E-state index >= 15 is 0 Å². The number of amides is 1. The number of hydrogen-bond donors (Lipinski definition) is 0. The largest absolute Gasteiger partial charge is 0.337 e. The Hall–Kier alpha value is -2.16. The highest BCUT2D eigenvalue weighted by atomic mass is 16.2. The van der Waals surface area contributed by atoms with E-state index < -0.39 is 0 Å². The number of nitrogens with zero attached hydrogens (tertiary/aromatic N) is 2. The molecule has 0 atom stereocenters. The van der Waals surface area contributed by atoms with Gasteiger partial charge in [-0.15, -0.1) is 0 Å². The molecule has 0 saturated heterocycles. The predicted molar refractivity (Wildman–Crippen MR) is 80.6 cm³/mol. The summed E-state index contributed by atoms with van der Waals surface area (Å²) in [7, 11) is 1.81. The van der Waals surface area contributed by atoms with Crippen LogP contribution in [0.3, 0.4) is 0 Å². The Bertz CT molecular complexity index is 561. The number of rotatable bonds is 4. The van der Waals surface area contributed by atoms with Crippen LogP contribution in [-0.4, -0.2) is 22.8 Å². The van der Waals surface area contributed by atoms with Gasteiger partial charge in [-0.3, -0.25) is 9.78 Å². The Balaban J connectivity index is 2.06. The molecule has 0 radical (unpaired) electrons. The quantitative estimate of drug-likeness (QED) is 0.850. The molecular weight excluding hydrogens is 248 g/mol. The Kier molecular flexibility index (Phi) is 4.51. The topological polar surface area (TPSA) is 33.2 Å². The van der Waals surface area contributed by atoms with E-state index in [2.05, 4.69) is 18.8 Å². The summed E-state index contributed by atoms with van der Waals surface area (Å²) in [5.41, 5.74) is 3.00. The molecule has 0 saturated carbocycles. The zero-order valence-electron chi connectivity index (χ0n) is 12.2. The maximum atomic E-state index is 12.3. The molecule has 20 heavy (non-hydrogen) atoms. The number of hydrogen-bond acceptors (Lipinski definition) is 2. The summed E-state index contributed by atoms with van der Waals surface area (Å²) in [5, 5.41) is 0. The maximum absolute atomic E-state index is 12.3. The molecule has 0 bridgehead atoms. The van der Waals surface area contributed by atoms with Crippen molar-refractivity contribution in [1.82, 2.24) is 9.88 Å². The van der Waals surface area contributed by atoms with Crippen molar-refractivity contribution in [2.45, 2.75) is 26.3 Å². The van der Waals surface area contributed by atoms with E-state index in [1.54, 1.807) is 17.3 Å². The zero-order chi connectivity index (χ0) is 14.5. The average molecular weight is 268 g/mol. The van der Waals surface area contributed by atoms with Crippen molar-refractivity contribution >= 4 is 5.91 Å². The van der Waals surface area contributed by atoms with Crippen LogP contribution in [0.2, 0.25) is 0 Å². The van der Waals surface area contributed by atoms with Gasteiger partial charge in [0.05, 0.1) is 0 Å². The Labute approximate surface area is 120 Å². The molecule has 0 aliphatic carbocycles.